The third-order valence-electron chi connectivity index (χ3n) is 1.54. The molecule has 0 fully saturated rings. The van der Waals surface area contributed by atoms with Crippen molar-refractivity contribution in [3.63, 3.8) is 0 Å². The number of hydrogen-bond acceptors (Lipinski definition) is 3. The van der Waals surface area contributed by atoms with Gasteiger partial charge in [0.15, 0.2) is 0 Å². The van der Waals surface area contributed by atoms with Gasteiger partial charge < -0.3 is 15.2 Å². The Morgan fingerprint density at radius 3 is 2.58 bits per heavy atom. The number of amides is 1. The van der Waals surface area contributed by atoms with Crippen molar-refractivity contribution < 1.29 is 14.6 Å². The number of aliphatic hydroxyl groups is 1. The highest BCUT2D eigenvalue weighted by Crippen LogP contribution is 1.97. The molecule has 0 atom stereocenters. The molecule has 2 N–H and O–H groups in total. The van der Waals surface area contributed by atoms with Gasteiger partial charge in [0.2, 0.25) is 0 Å². The molecule has 0 aliphatic carbocycles. The van der Waals surface area contributed by atoms with Crippen LogP contribution in [0.3, 0.4) is 0 Å². The van der Waals surface area contributed by atoms with E-state index >= 15 is 0 Å². The second kappa shape index (κ2) is 8.33. The summed E-state index contributed by atoms with van der Waals surface area (Å²) in [7, 11) is 1.35. The first-order valence-corrected chi connectivity index (χ1v) is 4.24. The smallest absolute Gasteiger partial charge is 0.406 e. The molecule has 0 aromatic heterocycles. The number of ether oxygens (including phenoxy) is 1. The van der Waals surface area contributed by atoms with Gasteiger partial charge in [0.05, 0.1) is 7.11 Å². The average Bonchev–Trinajstić information content (AvgIpc) is 2.10. The summed E-state index contributed by atoms with van der Waals surface area (Å²) < 4.78 is 4.39. The first kappa shape index (κ1) is 11.2. The van der Waals surface area contributed by atoms with Gasteiger partial charge >= 0.3 is 6.09 Å². The van der Waals surface area contributed by atoms with Gasteiger partial charge in [0.1, 0.15) is 0 Å². The maximum absolute atomic E-state index is 10.5. The standard InChI is InChI=1S/C8H17NO3/c1-12-8(11)9-6-4-2-3-5-7-10/h10H,2-7H2,1H3,(H,9,11). The largest absolute Gasteiger partial charge is 0.453 e. The second-order valence-electron chi connectivity index (χ2n) is 2.56. The minimum absolute atomic E-state index is 0.254. The average molecular weight is 175 g/mol. The Kier molecular flexibility index (Phi) is 7.79. The fourth-order valence-corrected chi connectivity index (χ4v) is 0.853. The van der Waals surface area contributed by atoms with Crippen LogP contribution in [0.4, 0.5) is 4.79 Å². The number of hydrogen-bond donors (Lipinski definition) is 2. The summed E-state index contributed by atoms with van der Waals surface area (Å²) >= 11 is 0. The Labute approximate surface area is 72.9 Å². The van der Waals surface area contributed by atoms with Gasteiger partial charge in [-0.2, -0.15) is 0 Å². The molecule has 72 valence electrons. The molecule has 0 saturated heterocycles. The lowest BCUT2D eigenvalue weighted by Crippen LogP contribution is -2.23. The van der Waals surface area contributed by atoms with Crippen molar-refractivity contribution in [2.45, 2.75) is 25.7 Å². The number of methoxy groups -OCH3 is 1. The first-order valence-electron chi connectivity index (χ1n) is 4.24. The van der Waals surface area contributed by atoms with E-state index < -0.39 is 0 Å². The number of alkyl carbamates (subject to hydrolysis) is 1. The van der Waals surface area contributed by atoms with Gasteiger partial charge in [-0.15, -0.1) is 0 Å². The summed E-state index contributed by atoms with van der Waals surface area (Å²) in [6, 6.07) is 0. The highest BCUT2D eigenvalue weighted by atomic mass is 16.5. The predicted molar refractivity (Wildman–Crippen MR) is 46.0 cm³/mol. The summed E-state index contributed by atoms with van der Waals surface area (Å²) in [5.41, 5.74) is 0. The molecule has 0 aliphatic heterocycles. The second-order valence-corrected chi connectivity index (χ2v) is 2.56. The van der Waals surface area contributed by atoms with E-state index in [2.05, 4.69) is 10.1 Å². The Morgan fingerprint density at radius 2 is 2.00 bits per heavy atom. The van der Waals surface area contributed by atoms with Crippen molar-refractivity contribution in [1.82, 2.24) is 5.32 Å². The van der Waals surface area contributed by atoms with Crippen LogP contribution in [0, 0.1) is 0 Å². The molecule has 4 nitrogen and oxygen atoms in total. The van der Waals surface area contributed by atoms with Crippen LogP contribution < -0.4 is 5.32 Å². The number of rotatable bonds is 6. The van der Waals surface area contributed by atoms with E-state index in [0.29, 0.717) is 6.54 Å². The van der Waals surface area contributed by atoms with E-state index in [0.717, 1.165) is 25.7 Å². The van der Waals surface area contributed by atoms with Crippen LogP contribution in [0.2, 0.25) is 0 Å². The minimum atomic E-state index is -0.378. The fraction of sp³-hybridized carbons (Fsp3) is 0.875. The third kappa shape index (κ3) is 7.34. The lowest BCUT2D eigenvalue weighted by Gasteiger charge is -2.02. The van der Waals surface area contributed by atoms with Crippen LogP contribution in [0.1, 0.15) is 25.7 Å². The molecule has 0 unspecified atom stereocenters. The molecule has 0 aliphatic rings. The summed E-state index contributed by atoms with van der Waals surface area (Å²) in [5, 5.41) is 11.0. The summed E-state index contributed by atoms with van der Waals surface area (Å²) in [4.78, 5) is 10.5. The van der Waals surface area contributed by atoms with E-state index in [-0.39, 0.29) is 12.7 Å². The molecule has 0 radical (unpaired) electrons. The zero-order chi connectivity index (χ0) is 9.23. The van der Waals surface area contributed by atoms with Gasteiger partial charge in [-0.3, -0.25) is 0 Å². The molecule has 0 rings (SSSR count). The van der Waals surface area contributed by atoms with E-state index in [1.54, 1.807) is 0 Å². The third-order valence-corrected chi connectivity index (χ3v) is 1.54. The quantitative estimate of drug-likeness (QED) is 0.589. The molecule has 0 spiro atoms. The Morgan fingerprint density at radius 1 is 1.33 bits per heavy atom. The molecule has 0 aromatic carbocycles. The molecule has 0 aromatic rings. The molecular formula is C8H17NO3. The Balaban J connectivity index is 2.95. The van der Waals surface area contributed by atoms with Gasteiger partial charge in [-0.25, -0.2) is 4.79 Å². The van der Waals surface area contributed by atoms with Crippen LogP contribution in [0.25, 0.3) is 0 Å². The van der Waals surface area contributed by atoms with E-state index in [4.69, 9.17) is 5.11 Å². The van der Waals surface area contributed by atoms with Crippen molar-refractivity contribution in [2.24, 2.45) is 0 Å². The lowest BCUT2D eigenvalue weighted by atomic mass is 10.2. The summed E-state index contributed by atoms with van der Waals surface area (Å²) in [5.74, 6) is 0. The maximum atomic E-state index is 10.5. The van der Waals surface area contributed by atoms with Crippen molar-refractivity contribution >= 4 is 6.09 Å². The van der Waals surface area contributed by atoms with E-state index in [1.807, 2.05) is 0 Å². The number of aliphatic hydroxyl groups excluding tert-OH is 1. The van der Waals surface area contributed by atoms with E-state index in [1.165, 1.54) is 7.11 Å². The van der Waals surface area contributed by atoms with Crippen LogP contribution >= 0.6 is 0 Å². The lowest BCUT2D eigenvalue weighted by molar-refractivity contribution is 0.171. The van der Waals surface area contributed by atoms with Gasteiger partial charge in [0.25, 0.3) is 0 Å². The van der Waals surface area contributed by atoms with Crippen molar-refractivity contribution in [1.29, 1.82) is 0 Å². The minimum Gasteiger partial charge on any atom is -0.453 e. The van der Waals surface area contributed by atoms with Crippen molar-refractivity contribution in [3.05, 3.63) is 0 Å². The van der Waals surface area contributed by atoms with Crippen LogP contribution in [0.5, 0.6) is 0 Å². The molecular weight excluding hydrogens is 158 g/mol. The van der Waals surface area contributed by atoms with Crippen molar-refractivity contribution in [2.75, 3.05) is 20.3 Å². The monoisotopic (exact) mass is 175 g/mol. The molecule has 0 heterocycles. The normalized spacial score (nSPS) is 9.50. The molecule has 0 saturated carbocycles. The molecule has 1 amide bonds. The molecule has 4 heteroatoms. The molecule has 0 bridgehead atoms. The number of carbonyl (C=O) groups is 1. The highest BCUT2D eigenvalue weighted by molar-refractivity contribution is 5.66. The van der Waals surface area contributed by atoms with Crippen LogP contribution in [-0.2, 0) is 4.74 Å². The summed E-state index contributed by atoms with van der Waals surface area (Å²) in [6.45, 7) is 0.905. The van der Waals surface area contributed by atoms with E-state index in [9.17, 15) is 4.79 Å². The van der Waals surface area contributed by atoms with Gasteiger partial charge in [0, 0.05) is 13.2 Å². The zero-order valence-electron chi connectivity index (χ0n) is 7.51. The number of unbranched alkanes of at least 4 members (excludes halogenated alkanes) is 3. The van der Waals surface area contributed by atoms with Crippen LogP contribution in [0.15, 0.2) is 0 Å². The van der Waals surface area contributed by atoms with Gasteiger partial charge in [-0.1, -0.05) is 12.8 Å². The topological polar surface area (TPSA) is 58.6 Å². The Bertz CT molecular complexity index is 117. The summed E-state index contributed by atoms with van der Waals surface area (Å²) in [6.07, 6.45) is 3.45. The number of nitrogens with one attached hydrogen (secondary N) is 1. The zero-order valence-corrected chi connectivity index (χ0v) is 7.51. The SMILES string of the molecule is COC(=O)NCCCCCCO. The van der Waals surface area contributed by atoms with Crippen LogP contribution in [-0.4, -0.2) is 31.5 Å². The first-order chi connectivity index (χ1) is 5.81. The highest BCUT2D eigenvalue weighted by Gasteiger charge is 1.95. The molecule has 12 heavy (non-hydrogen) atoms. The fourth-order valence-electron chi connectivity index (χ4n) is 0.853. The maximum Gasteiger partial charge on any atom is 0.406 e. The number of carbonyl (C=O) groups excluding carboxylic acids is 1. The Hall–Kier alpha value is -0.770. The van der Waals surface area contributed by atoms with Gasteiger partial charge in [-0.05, 0) is 12.8 Å². The predicted octanol–water partition coefficient (Wildman–Crippen LogP) is 0.895. The van der Waals surface area contributed by atoms with Crippen molar-refractivity contribution in [3.8, 4) is 0 Å².